The van der Waals surface area contributed by atoms with Crippen molar-refractivity contribution in [2.24, 2.45) is 0 Å². The van der Waals surface area contributed by atoms with Gasteiger partial charge in [0.1, 0.15) is 5.82 Å². The van der Waals surface area contributed by atoms with Crippen LogP contribution in [0.5, 0.6) is 0 Å². The Balaban J connectivity index is 1.51. The zero-order valence-electron chi connectivity index (χ0n) is 13.6. The summed E-state index contributed by atoms with van der Waals surface area (Å²) in [5.41, 5.74) is 2.99. The van der Waals surface area contributed by atoms with Gasteiger partial charge in [-0.1, -0.05) is 46.3 Å². The molecule has 0 aliphatic rings. The minimum absolute atomic E-state index is 0.0371. The molecule has 0 radical (unpaired) electrons. The summed E-state index contributed by atoms with van der Waals surface area (Å²) in [6.45, 7) is 0. The average molecular weight is 396 g/mol. The van der Waals surface area contributed by atoms with E-state index in [-0.39, 0.29) is 5.91 Å². The molecule has 0 spiro atoms. The van der Waals surface area contributed by atoms with Gasteiger partial charge in [0.05, 0.1) is 11.9 Å². The number of benzene rings is 2. The molecule has 0 unspecified atom stereocenters. The summed E-state index contributed by atoms with van der Waals surface area (Å²) in [6, 6.07) is 21.5. The normalized spacial score (nSPS) is 10.3. The monoisotopic (exact) mass is 395 g/mol. The van der Waals surface area contributed by atoms with Gasteiger partial charge < -0.3 is 10.6 Å². The number of carbonyl (C=O) groups is 1. The van der Waals surface area contributed by atoms with Crippen LogP contribution in [-0.2, 0) is 11.2 Å². The van der Waals surface area contributed by atoms with Crippen LogP contribution in [0.15, 0.2) is 77.4 Å². The van der Waals surface area contributed by atoms with Crippen LogP contribution in [0, 0.1) is 0 Å². The molecule has 25 heavy (non-hydrogen) atoms. The lowest BCUT2D eigenvalue weighted by atomic mass is 10.1. The summed E-state index contributed by atoms with van der Waals surface area (Å²) in [5, 5.41) is 6.09. The van der Waals surface area contributed by atoms with Crippen molar-refractivity contribution < 1.29 is 4.79 Å². The molecular formula is C20H18BrN3O. The predicted molar refractivity (Wildman–Crippen MR) is 105 cm³/mol. The number of aryl methyl sites for hydroxylation is 1. The SMILES string of the molecule is O=C(CCc1ccccc1)Nc1ccc(Nc2ccc(Br)cc2)cn1. The molecule has 3 rings (SSSR count). The first-order valence-electron chi connectivity index (χ1n) is 8.01. The molecule has 0 bridgehead atoms. The third-order valence-corrected chi connectivity index (χ3v) is 4.18. The van der Waals surface area contributed by atoms with Gasteiger partial charge in [0.2, 0.25) is 5.91 Å². The zero-order valence-corrected chi connectivity index (χ0v) is 15.2. The molecule has 0 atom stereocenters. The second-order valence-corrected chi connectivity index (χ2v) is 6.51. The maximum absolute atomic E-state index is 12.0. The Morgan fingerprint density at radius 1 is 0.920 bits per heavy atom. The van der Waals surface area contributed by atoms with Gasteiger partial charge in [-0.05, 0) is 48.4 Å². The van der Waals surface area contributed by atoms with E-state index in [1.165, 1.54) is 0 Å². The van der Waals surface area contributed by atoms with E-state index in [4.69, 9.17) is 0 Å². The van der Waals surface area contributed by atoms with Gasteiger partial charge >= 0.3 is 0 Å². The molecule has 3 aromatic rings. The molecule has 0 fully saturated rings. The summed E-state index contributed by atoms with van der Waals surface area (Å²) >= 11 is 3.41. The first kappa shape index (κ1) is 17.2. The highest BCUT2D eigenvalue weighted by Gasteiger charge is 2.04. The lowest BCUT2D eigenvalue weighted by molar-refractivity contribution is -0.116. The van der Waals surface area contributed by atoms with E-state index in [1.54, 1.807) is 12.3 Å². The molecule has 1 heterocycles. The van der Waals surface area contributed by atoms with Crippen LogP contribution >= 0.6 is 15.9 Å². The Morgan fingerprint density at radius 2 is 1.64 bits per heavy atom. The molecule has 0 saturated carbocycles. The number of nitrogens with one attached hydrogen (secondary N) is 2. The van der Waals surface area contributed by atoms with Crippen molar-refractivity contribution in [1.82, 2.24) is 4.98 Å². The number of amides is 1. The van der Waals surface area contributed by atoms with Crippen LogP contribution < -0.4 is 10.6 Å². The van der Waals surface area contributed by atoms with Gasteiger partial charge in [0, 0.05) is 16.6 Å². The van der Waals surface area contributed by atoms with Gasteiger partial charge in [-0.15, -0.1) is 0 Å². The number of hydrogen-bond acceptors (Lipinski definition) is 3. The average Bonchev–Trinajstić information content (AvgIpc) is 2.64. The van der Waals surface area contributed by atoms with Crippen molar-refractivity contribution in [2.75, 3.05) is 10.6 Å². The van der Waals surface area contributed by atoms with Crippen molar-refractivity contribution in [3.05, 3.63) is 83.0 Å². The number of rotatable bonds is 6. The first-order chi connectivity index (χ1) is 12.2. The largest absolute Gasteiger partial charge is 0.354 e. The molecule has 126 valence electrons. The number of nitrogens with zero attached hydrogens (tertiary/aromatic N) is 1. The van der Waals surface area contributed by atoms with Gasteiger partial charge in [-0.25, -0.2) is 4.98 Å². The smallest absolute Gasteiger partial charge is 0.225 e. The number of anilines is 3. The van der Waals surface area contributed by atoms with E-state index < -0.39 is 0 Å². The molecule has 0 aliphatic carbocycles. The van der Waals surface area contributed by atoms with Crippen molar-refractivity contribution in [3.8, 4) is 0 Å². The fourth-order valence-corrected chi connectivity index (χ4v) is 2.61. The third-order valence-electron chi connectivity index (χ3n) is 3.65. The number of pyridine rings is 1. The Labute approximate surface area is 155 Å². The summed E-state index contributed by atoms with van der Waals surface area (Å²) in [4.78, 5) is 16.3. The van der Waals surface area contributed by atoms with Crippen LogP contribution in [-0.4, -0.2) is 10.9 Å². The quantitative estimate of drug-likeness (QED) is 0.605. The fraction of sp³-hybridized carbons (Fsp3) is 0.100. The summed E-state index contributed by atoms with van der Waals surface area (Å²) in [6.07, 6.45) is 2.86. The van der Waals surface area contributed by atoms with Crippen molar-refractivity contribution in [3.63, 3.8) is 0 Å². The molecule has 5 heteroatoms. The van der Waals surface area contributed by atoms with E-state index in [9.17, 15) is 4.79 Å². The molecule has 2 aromatic carbocycles. The van der Waals surface area contributed by atoms with Crippen LogP contribution in [0.4, 0.5) is 17.2 Å². The molecule has 1 amide bonds. The van der Waals surface area contributed by atoms with E-state index in [0.29, 0.717) is 12.2 Å². The van der Waals surface area contributed by atoms with Gasteiger partial charge in [-0.3, -0.25) is 4.79 Å². The topological polar surface area (TPSA) is 54.0 Å². The lowest BCUT2D eigenvalue weighted by Crippen LogP contribution is -2.13. The first-order valence-corrected chi connectivity index (χ1v) is 8.81. The number of aromatic nitrogens is 1. The van der Waals surface area contributed by atoms with Crippen molar-refractivity contribution in [1.29, 1.82) is 0 Å². The van der Waals surface area contributed by atoms with Crippen LogP contribution in [0.1, 0.15) is 12.0 Å². The Hall–Kier alpha value is -2.66. The van der Waals surface area contributed by atoms with E-state index in [0.717, 1.165) is 27.8 Å². The number of carbonyl (C=O) groups excluding carboxylic acids is 1. The Morgan fingerprint density at radius 3 is 2.32 bits per heavy atom. The van der Waals surface area contributed by atoms with Crippen LogP contribution in [0.3, 0.4) is 0 Å². The van der Waals surface area contributed by atoms with Gasteiger partial charge in [0.25, 0.3) is 0 Å². The summed E-state index contributed by atoms with van der Waals surface area (Å²) in [7, 11) is 0. The van der Waals surface area contributed by atoms with Crippen molar-refractivity contribution in [2.45, 2.75) is 12.8 Å². The zero-order chi connectivity index (χ0) is 17.5. The van der Waals surface area contributed by atoms with E-state index >= 15 is 0 Å². The molecule has 1 aromatic heterocycles. The van der Waals surface area contributed by atoms with Gasteiger partial charge in [-0.2, -0.15) is 0 Å². The second kappa shape index (κ2) is 8.44. The van der Waals surface area contributed by atoms with Crippen molar-refractivity contribution >= 4 is 39.0 Å². The van der Waals surface area contributed by atoms with Crippen LogP contribution in [0.25, 0.3) is 0 Å². The van der Waals surface area contributed by atoms with E-state index in [1.807, 2.05) is 60.7 Å². The Bertz CT molecular complexity index is 818. The molecule has 2 N–H and O–H groups in total. The highest BCUT2D eigenvalue weighted by atomic mass is 79.9. The molecule has 0 aliphatic heterocycles. The summed E-state index contributed by atoms with van der Waals surface area (Å²) in [5.74, 6) is 0.518. The Kier molecular flexibility index (Phi) is 5.80. The molecule has 4 nitrogen and oxygen atoms in total. The standard InChI is InChI=1S/C20H18BrN3O/c21-16-7-9-17(10-8-16)23-18-11-12-19(22-14-18)24-20(25)13-6-15-4-2-1-3-5-15/h1-5,7-12,14,23H,6,13H2,(H,22,24,25). The third kappa shape index (κ3) is 5.43. The maximum atomic E-state index is 12.0. The second-order valence-electron chi connectivity index (χ2n) is 5.60. The molecular weight excluding hydrogens is 378 g/mol. The minimum Gasteiger partial charge on any atom is -0.354 e. The fourth-order valence-electron chi connectivity index (χ4n) is 2.35. The van der Waals surface area contributed by atoms with Crippen LogP contribution in [0.2, 0.25) is 0 Å². The number of hydrogen-bond donors (Lipinski definition) is 2. The maximum Gasteiger partial charge on any atom is 0.225 e. The minimum atomic E-state index is -0.0371. The van der Waals surface area contributed by atoms with E-state index in [2.05, 4.69) is 31.5 Å². The summed E-state index contributed by atoms with van der Waals surface area (Å²) < 4.78 is 1.03. The van der Waals surface area contributed by atoms with Gasteiger partial charge in [0.15, 0.2) is 0 Å². The molecule has 0 saturated heterocycles. The predicted octanol–water partition coefficient (Wildman–Crippen LogP) is 5.16. The highest BCUT2D eigenvalue weighted by Crippen LogP contribution is 2.19. The lowest BCUT2D eigenvalue weighted by Gasteiger charge is -2.08. The highest BCUT2D eigenvalue weighted by molar-refractivity contribution is 9.10. The number of halogens is 1.